The van der Waals surface area contributed by atoms with Crippen LogP contribution >= 0.6 is 0 Å². The number of hydrogen-bond donors (Lipinski definition) is 1. The lowest BCUT2D eigenvalue weighted by Crippen LogP contribution is -2.35. The number of carbonyl (C=O) groups is 1. The maximum absolute atomic E-state index is 12.2. The highest BCUT2D eigenvalue weighted by atomic mass is 16.1. The molecular weight excluding hydrogens is 292 g/mol. The number of nitrogens with zero attached hydrogens (tertiary/aromatic N) is 3. The largest absolute Gasteiger partial charge is 0.354 e. The number of nitrogens with one attached hydrogen (secondary N) is 1. The van der Waals surface area contributed by atoms with Gasteiger partial charge in [0.05, 0.1) is 17.5 Å². The standard InChI is InChI=1S/C17H24N4O2/c1-4-21(5-2)11-10-18-16(22)12-15-13-8-6-7-9-14(13)17(23)20(3)19-15/h6-9H,4-5,10-12H2,1-3H3,(H,18,22). The van der Waals surface area contributed by atoms with Crippen LogP contribution in [0.1, 0.15) is 19.5 Å². The van der Waals surface area contributed by atoms with Crippen molar-refractivity contribution in [3.63, 3.8) is 0 Å². The van der Waals surface area contributed by atoms with Crippen LogP contribution in [-0.4, -0.2) is 46.8 Å². The molecule has 0 unspecified atom stereocenters. The summed E-state index contributed by atoms with van der Waals surface area (Å²) in [5, 5.41) is 8.51. The Hall–Kier alpha value is -2.21. The Morgan fingerprint density at radius 3 is 2.52 bits per heavy atom. The summed E-state index contributed by atoms with van der Waals surface area (Å²) >= 11 is 0. The van der Waals surface area contributed by atoms with Crippen LogP contribution in [0.15, 0.2) is 29.1 Å². The third kappa shape index (κ3) is 4.16. The molecule has 0 aliphatic carbocycles. The SMILES string of the molecule is CCN(CC)CCNC(=O)Cc1nn(C)c(=O)c2ccccc12. The summed E-state index contributed by atoms with van der Waals surface area (Å²) in [7, 11) is 1.61. The van der Waals surface area contributed by atoms with E-state index in [-0.39, 0.29) is 17.9 Å². The van der Waals surface area contributed by atoms with Gasteiger partial charge in [0.2, 0.25) is 5.91 Å². The van der Waals surface area contributed by atoms with Crippen molar-refractivity contribution in [2.45, 2.75) is 20.3 Å². The molecule has 2 rings (SSSR count). The van der Waals surface area contributed by atoms with Gasteiger partial charge in [-0.15, -0.1) is 0 Å². The van der Waals surface area contributed by atoms with E-state index in [2.05, 4.69) is 29.2 Å². The smallest absolute Gasteiger partial charge is 0.274 e. The Morgan fingerprint density at radius 2 is 1.87 bits per heavy atom. The van der Waals surface area contributed by atoms with Crippen molar-refractivity contribution in [3.8, 4) is 0 Å². The average Bonchev–Trinajstić information content (AvgIpc) is 2.56. The van der Waals surface area contributed by atoms with Crippen LogP contribution in [0, 0.1) is 0 Å². The quantitative estimate of drug-likeness (QED) is 0.825. The van der Waals surface area contributed by atoms with Crippen LogP contribution < -0.4 is 10.9 Å². The van der Waals surface area contributed by atoms with Crippen LogP contribution in [0.4, 0.5) is 0 Å². The van der Waals surface area contributed by atoms with Gasteiger partial charge in [-0.2, -0.15) is 5.10 Å². The molecule has 23 heavy (non-hydrogen) atoms. The topological polar surface area (TPSA) is 67.2 Å². The van der Waals surface area contributed by atoms with Gasteiger partial charge in [-0.1, -0.05) is 32.0 Å². The van der Waals surface area contributed by atoms with Crippen LogP contribution in [0.5, 0.6) is 0 Å². The fourth-order valence-corrected chi connectivity index (χ4v) is 2.61. The average molecular weight is 316 g/mol. The Bertz CT molecular complexity index is 735. The fourth-order valence-electron chi connectivity index (χ4n) is 2.61. The molecular formula is C17H24N4O2. The molecule has 6 heteroatoms. The van der Waals surface area contributed by atoms with E-state index in [4.69, 9.17) is 0 Å². The number of aromatic nitrogens is 2. The van der Waals surface area contributed by atoms with Crippen molar-refractivity contribution in [1.82, 2.24) is 20.0 Å². The van der Waals surface area contributed by atoms with Crippen LogP contribution in [-0.2, 0) is 18.3 Å². The molecule has 6 nitrogen and oxygen atoms in total. The van der Waals surface area contributed by atoms with E-state index in [0.717, 1.165) is 25.0 Å². The molecule has 0 fully saturated rings. The summed E-state index contributed by atoms with van der Waals surface area (Å²) in [4.78, 5) is 26.5. The molecule has 1 aromatic heterocycles. The molecule has 0 atom stereocenters. The molecule has 1 aromatic carbocycles. The van der Waals surface area contributed by atoms with Crippen molar-refractivity contribution >= 4 is 16.7 Å². The van der Waals surface area contributed by atoms with Crippen molar-refractivity contribution < 1.29 is 4.79 Å². The molecule has 1 heterocycles. The first kappa shape index (κ1) is 17.1. The summed E-state index contributed by atoms with van der Waals surface area (Å²) in [6, 6.07) is 7.27. The molecule has 0 saturated heterocycles. The number of carbonyl (C=O) groups excluding carboxylic acids is 1. The van der Waals surface area contributed by atoms with E-state index < -0.39 is 0 Å². The Kier molecular flexibility index (Phi) is 5.87. The fraction of sp³-hybridized carbons (Fsp3) is 0.471. The Labute approximate surface area is 136 Å². The van der Waals surface area contributed by atoms with Gasteiger partial charge in [-0.05, 0) is 19.2 Å². The zero-order valence-corrected chi connectivity index (χ0v) is 14.0. The van der Waals surface area contributed by atoms with Crippen LogP contribution in [0.25, 0.3) is 10.8 Å². The van der Waals surface area contributed by atoms with Crippen molar-refractivity contribution in [2.75, 3.05) is 26.2 Å². The van der Waals surface area contributed by atoms with E-state index in [1.54, 1.807) is 13.1 Å². The molecule has 0 aliphatic heterocycles. The van der Waals surface area contributed by atoms with Gasteiger partial charge in [0.25, 0.3) is 5.56 Å². The molecule has 2 aromatic rings. The maximum Gasteiger partial charge on any atom is 0.274 e. The molecule has 0 radical (unpaired) electrons. The lowest BCUT2D eigenvalue weighted by atomic mass is 10.1. The summed E-state index contributed by atoms with van der Waals surface area (Å²) < 4.78 is 1.29. The van der Waals surface area contributed by atoms with Crippen molar-refractivity contribution in [3.05, 3.63) is 40.3 Å². The summed E-state index contributed by atoms with van der Waals surface area (Å²) in [5.74, 6) is -0.0755. The third-order valence-electron chi connectivity index (χ3n) is 4.01. The maximum atomic E-state index is 12.2. The third-order valence-corrected chi connectivity index (χ3v) is 4.01. The first-order chi connectivity index (χ1) is 11.1. The van der Waals surface area contributed by atoms with Gasteiger partial charge in [0, 0.05) is 25.5 Å². The van der Waals surface area contributed by atoms with Crippen molar-refractivity contribution in [2.24, 2.45) is 7.05 Å². The first-order valence-corrected chi connectivity index (χ1v) is 8.00. The number of hydrogen-bond acceptors (Lipinski definition) is 4. The van der Waals surface area contributed by atoms with Crippen molar-refractivity contribution in [1.29, 1.82) is 0 Å². The zero-order chi connectivity index (χ0) is 16.8. The first-order valence-electron chi connectivity index (χ1n) is 8.00. The number of rotatable bonds is 7. The zero-order valence-electron chi connectivity index (χ0n) is 14.0. The molecule has 0 bridgehead atoms. The van der Waals surface area contributed by atoms with Gasteiger partial charge in [0.15, 0.2) is 0 Å². The minimum absolute atomic E-state index is 0.0755. The molecule has 1 N–H and O–H groups in total. The van der Waals surface area contributed by atoms with Gasteiger partial charge >= 0.3 is 0 Å². The second kappa shape index (κ2) is 7.87. The van der Waals surface area contributed by atoms with Gasteiger partial charge in [0.1, 0.15) is 0 Å². The molecule has 124 valence electrons. The van der Waals surface area contributed by atoms with E-state index in [9.17, 15) is 9.59 Å². The molecule has 0 saturated carbocycles. The van der Waals surface area contributed by atoms with E-state index in [1.807, 2.05) is 18.2 Å². The minimum atomic E-state index is -0.147. The lowest BCUT2D eigenvalue weighted by molar-refractivity contribution is -0.120. The van der Waals surface area contributed by atoms with E-state index in [0.29, 0.717) is 17.6 Å². The van der Waals surface area contributed by atoms with Crippen LogP contribution in [0.2, 0.25) is 0 Å². The highest BCUT2D eigenvalue weighted by Gasteiger charge is 2.12. The predicted molar refractivity (Wildman–Crippen MR) is 91.5 cm³/mol. The Morgan fingerprint density at radius 1 is 1.22 bits per heavy atom. The highest BCUT2D eigenvalue weighted by molar-refractivity contribution is 5.88. The van der Waals surface area contributed by atoms with E-state index in [1.165, 1.54) is 4.68 Å². The Balaban J connectivity index is 2.08. The molecule has 1 amide bonds. The number of likely N-dealkylation sites (N-methyl/N-ethyl adjacent to an activating group) is 1. The summed E-state index contributed by atoms with van der Waals surface area (Å²) in [6.45, 7) is 7.60. The summed E-state index contributed by atoms with van der Waals surface area (Å²) in [6.07, 6.45) is 0.173. The normalized spacial score (nSPS) is 11.1. The monoisotopic (exact) mass is 316 g/mol. The van der Waals surface area contributed by atoms with Gasteiger partial charge in [-0.25, -0.2) is 4.68 Å². The van der Waals surface area contributed by atoms with Crippen LogP contribution in [0.3, 0.4) is 0 Å². The number of fused-ring (bicyclic) bond motifs is 1. The highest BCUT2D eigenvalue weighted by Crippen LogP contribution is 2.13. The number of amides is 1. The van der Waals surface area contributed by atoms with Gasteiger partial charge < -0.3 is 10.2 Å². The van der Waals surface area contributed by atoms with E-state index >= 15 is 0 Å². The molecule has 0 aliphatic rings. The summed E-state index contributed by atoms with van der Waals surface area (Å²) in [5.41, 5.74) is 0.481. The number of aryl methyl sites for hydroxylation is 1. The molecule has 0 spiro atoms. The lowest BCUT2D eigenvalue weighted by Gasteiger charge is -2.18. The predicted octanol–water partition coefficient (Wildman–Crippen LogP) is 0.934. The number of benzene rings is 1. The van der Waals surface area contributed by atoms with Gasteiger partial charge in [-0.3, -0.25) is 9.59 Å². The second-order valence-corrected chi connectivity index (χ2v) is 5.47. The minimum Gasteiger partial charge on any atom is -0.354 e. The second-order valence-electron chi connectivity index (χ2n) is 5.47.